The Kier molecular flexibility index (Phi) is 7.66. The lowest BCUT2D eigenvalue weighted by Gasteiger charge is -2.28. The highest BCUT2D eigenvalue weighted by Gasteiger charge is 2.37. The van der Waals surface area contributed by atoms with Crippen LogP contribution in [-0.4, -0.2) is 90.4 Å². The molecule has 4 amide bonds. The molecule has 34 heavy (non-hydrogen) atoms. The van der Waals surface area contributed by atoms with Crippen LogP contribution in [0.15, 0.2) is 35.4 Å². The summed E-state index contributed by atoms with van der Waals surface area (Å²) in [5.74, 6) is -0.931. The first-order valence-corrected chi connectivity index (χ1v) is 11.7. The molecule has 2 aliphatic rings. The molecule has 10 nitrogen and oxygen atoms in total. The van der Waals surface area contributed by atoms with Crippen LogP contribution in [0.25, 0.3) is 17.0 Å². The van der Waals surface area contributed by atoms with Gasteiger partial charge in [-0.2, -0.15) is 0 Å². The Labute approximate surface area is 200 Å². The molecule has 2 saturated heterocycles. The van der Waals surface area contributed by atoms with Crippen LogP contribution in [0, 0.1) is 0 Å². The fourth-order valence-corrected chi connectivity index (χ4v) is 4.68. The van der Waals surface area contributed by atoms with E-state index in [1.54, 1.807) is 28.8 Å². The van der Waals surface area contributed by atoms with Crippen molar-refractivity contribution in [2.45, 2.75) is 6.54 Å². The molecule has 0 unspecified atom stereocenters. The largest absolute Gasteiger partial charge is 0.383 e. The van der Waals surface area contributed by atoms with Crippen LogP contribution < -0.4 is 5.32 Å². The molecule has 11 heteroatoms. The molecule has 0 bridgehead atoms. The van der Waals surface area contributed by atoms with Crippen molar-refractivity contribution in [1.29, 1.82) is 0 Å². The van der Waals surface area contributed by atoms with Crippen LogP contribution >= 0.6 is 11.8 Å². The van der Waals surface area contributed by atoms with Crippen LogP contribution in [0.3, 0.4) is 0 Å². The lowest BCUT2D eigenvalue weighted by Crippen LogP contribution is -2.46. The quantitative estimate of drug-likeness (QED) is 0.442. The molecule has 180 valence electrons. The molecule has 1 aromatic carbocycles. The molecule has 2 fully saturated rings. The van der Waals surface area contributed by atoms with Crippen molar-refractivity contribution in [3.05, 3.63) is 40.9 Å². The molecular weight excluding hydrogens is 460 g/mol. The summed E-state index contributed by atoms with van der Waals surface area (Å²) < 4.78 is 12.0. The first kappa shape index (κ1) is 24.0. The number of carbonyl (C=O) groups is 4. The summed E-state index contributed by atoms with van der Waals surface area (Å²) in [7, 11) is 1.57. The van der Waals surface area contributed by atoms with E-state index in [9.17, 15) is 19.2 Å². The highest BCUT2D eigenvalue weighted by Crippen LogP contribution is 2.34. The Balaban J connectivity index is 1.52. The molecule has 3 heterocycles. The van der Waals surface area contributed by atoms with Crippen LogP contribution in [0.2, 0.25) is 0 Å². The van der Waals surface area contributed by atoms with E-state index in [1.807, 2.05) is 24.3 Å². The van der Waals surface area contributed by atoms with Gasteiger partial charge < -0.3 is 24.3 Å². The van der Waals surface area contributed by atoms with Crippen molar-refractivity contribution < 1.29 is 28.7 Å². The number of thioether (sulfide) groups is 1. The number of rotatable bonds is 8. The number of benzene rings is 1. The van der Waals surface area contributed by atoms with Crippen molar-refractivity contribution >= 4 is 51.7 Å². The fourth-order valence-electron chi connectivity index (χ4n) is 3.85. The zero-order chi connectivity index (χ0) is 24.1. The van der Waals surface area contributed by atoms with Crippen molar-refractivity contribution in [2.75, 3.05) is 53.1 Å². The summed E-state index contributed by atoms with van der Waals surface area (Å²) in [6.07, 6.45) is 3.43. The van der Waals surface area contributed by atoms with Gasteiger partial charge in [-0.3, -0.25) is 24.1 Å². The van der Waals surface area contributed by atoms with Crippen molar-refractivity contribution in [3.63, 3.8) is 0 Å². The molecule has 0 aliphatic carbocycles. The summed E-state index contributed by atoms with van der Waals surface area (Å²) in [4.78, 5) is 53.1. The minimum Gasteiger partial charge on any atom is -0.383 e. The smallest absolute Gasteiger partial charge is 0.294 e. The van der Waals surface area contributed by atoms with Crippen LogP contribution in [0.4, 0.5) is 4.79 Å². The third kappa shape index (κ3) is 5.32. The number of imide groups is 1. The predicted molar refractivity (Wildman–Crippen MR) is 127 cm³/mol. The Morgan fingerprint density at radius 2 is 1.94 bits per heavy atom. The normalized spacial score (nSPS) is 17.7. The van der Waals surface area contributed by atoms with Crippen LogP contribution in [0.1, 0.15) is 5.56 Å². The third-order valence-electron chi connectivity index (χ3n) is 5.58. The monoisotopic (exact) mass is 486 g/mol. The second-order valence-corrected chi connectivity index (χ2v) is 8.83. The van der Waals surface area contributed by atoms with E-state index >= 15 is 0 Å². The lowest BCUT2D eigenvalue weighted by atomic mass is 10.1. The molecule has 2 aliphatic heterocycles. The van der Waals surface area contributed by atoms with Gasteiger partial charge in [0.25, 0.3) is 11.1 Å². The number of morpholine rings is 1. The highest BCUT2D eigenvalue weighted by molar-refractivity contribution is 8.18. The zero-order valence-corrected chi connectivity index (χ0v) is 19.6. The SMILES string of the molecule is COCCNC(=O)Cn1cc(/C=C2\SC(=O)N(CC(=O)N3CCOCC3)C2=O)c2ccccc21. The third-order valence-corrected chi connectivity index (χ3v) is 6.49. The van der Waals surface area contributed by atoms with Gasteiger partial charge in [0.1, 0.15) is 13.1 Å². The number of hydrogen-bond acceptors (Lipinski definition) is 7. The van der Waals surface area contributed by atoms with Gasteiger partial charge in [-0.15, -0.1) is 0 Å². The summed E-state index contributed by atoms with van der Waals surface area (Å²) >= 11 is 0.811. The van der Waals surface area contributed by atoms with E-state index < -0.39 is 11.1 Å². The molecule has 1 N–H and O–H groups in total. The summed E-state index contributed by atoms with van der Waals surface area (Å²) in [5, 5.41) is 3.17. The van der Waals surface area contributed by atoms with Gasteiger partial charge in [0, 0.05) is 49.4 Å². The number of methoxy groups -OCH3 is 1. The Morgan fingerprint density at radius 1 is 1.18 bits per heavy atom. The molecule has 0 radical (unpaired) electrons. The Bertz CT molecular complexity index is 1140. The van der Waals surface area contributed by atoms with Gasteiger partial charge in [0.05, 0.1) is 24.7 Å². The number of carbonyl (C=O) groups excluding carboxylic acids is 4. The van der Waals surface area contributed by atoms with E-state index in [-0.39, 0.29) is 29.8 Å². The number of amides is 4. The second-order valence-electron chi connectivity index (χ2n) is 7.83. The second kappa shape index (κ2) is 10.9. The number of ether oxygens (including phenoxy) is 2. The number of fused-ring (bicyclic) bond motifs is 1. The molecule has 4 rings (SSSR count). The minimum absolute atomic E-state index is 0.105. The zero-order valence-electron chi connectivity index (χ0n) is 18.8. The van der Waals surface area contributed by atoms with E-state index in [2.05, 4.69) is 5.32 Å². The molecule has 0 saturated carbocycles. The number of nitrogens with one attached hydrogen (secondary N) is 1. The van der Waals surface area contributed by atoms with Crippen LogP contribution in [-0.2, 0) is 30.4 Å². The van der Waals surface area contributed by atoms with E-state index in [1.165, 1.54) is 0 Å². The van der Waals surface area contributed by atoms with Gasteiger partial charge in [-0.25, -0.2) is 0 Å². The molecule has 0 atom stereocenters. The Hall–Kier alpha value is -3.15. The van der Waals surface area contributed by atoms with E-state index in [0.29, 0.717) is 45.0 Å². The van der Waals surface area contributed by atoms with Gasteiger partial charge >= 0.3 is 0 Å². The van der Waals surface area contributed by atoms with Crippen molar-refractivity contribution in [3.8, 4) is 0 Å². The van der Waals surface area contributed by atoms with Crippen molar-refractivity contribution in [1.82, 2.24) is 19.7 Å². The maximum atomic E-state index is 12.9. The van der Waals surface area contributed by atoms with Gasteiger partial charge in [0.15, 0.2) is 0 Å². The van der Waals surface area contributed by atoms with E-state index in [4.69, 9.17) is 9.47 Å². The van der Waals surface area contributed by atoms with Crippen molar-refractivity contribution in [2.24, 2.45) is 0 Å². The summed E-state index contributed by atoms with van der Waals surface area (Å²) in [6, 6.07) is 7.53. The molecular formula is C23H26N4O6S. The van der Waals surface area contributed by atoms with Gasteiger partial charge in [-0.05, 0) is 23.9 Å². The summed E-state index contributed by atoms with van der Waals surface area (Å²) in [6.45, 7) is 2.45. The first-order valence-electron chi connectivity index (χ1n) is 10.9. The van der Waals surface area contributed by atoms with Crippen LogP contribution in [0.5, 0.6) is 0 Å². The van der Waals surface area contributed by atoms with E-state index in [0.717, 1.165) is 27.6 Å². The molecule has 2 aromatic rings. The number of para-hydroxylation sites is 1. The number of hydrogen-bond donors (Lipinski definition) is 1. The standard InChI is InChI=1S/C23H26N4O6S/c1-32-9-6-24-20(28)14-26-13-16(17-4-2-3-5-18(17)26)12-19-22(30)27(23(31)34-19)15-21(29)25-7-10-33-11-8-25/h2-5,12-13H,6-11,14-15H2,1H3,(H,24,28)/b19-12-. The lowest BCUT2D eigenvalue weighted by molar-refractivity contribution is -0.139. The maximum absolute atomic E-state index is 12.9. The number of nitrogens with zero attached hydrogens (tertiary/aromatic N) is 3. The highest BCUT2D eigenvalue weighted by atomic mass is 32.2. The average molecular weight is 487 g/mol. The average Bonchev–Trinajstić information content (AvgIpc) is 3.31. The number of aromatic nitrogens is 1. The van der Waals surface area contributed by atoms with Gasteiger partial charge in [-0.1, -0.05) is 18.2 Å². The summed E-state index contributed by atoms with van der Waals surface area (Å²) in [5.41, 5.74) is 1.54. The fraction of sp³-hybridized carbons (Fsp3) is 0.391. The van der Waals surface area contributed by atoms with Gasteiger partial charge in [0.2, 0.25) is 11.8 Å². The Morgan fingerprint density at radius 3 is 2.71 bits per heavy atom. The maximum Gasteiger partial charge on any atom is 0.294 e. The first-order chi connectivity index (χ1) is 16.5. The minimum atomic E-state index is -0.495. The predicted octanol–water partition coefficient (Wildman–Crippen LogP) is 1.30. The topological polar surface area (TPSA) is 110 Å². The molecule has 1 aromatic heterocycles. The molecule has 0 spiro atoms.